The second-order valence-electron chi connectivity index (χ2n) is 7.75. The Labute approximate surface area is 197 Å². The Kier molecular flexibility index (Phi) is 11.3. The molecule has 1 amide bonds. The third-order valence-corrected chi connectivity index (χ3v) is 5.60. The molecule has 0 aromatic heterocycles. The van der Waals surface area contributed by atoms with Gasteiger partial charge in [0.05, 0.1) is 6.54 Å². The molecule has 1 aliphatic heterocycles. The zero-order valence-electron chi connectivity index (χ0n) is 18.1. The number of guanidine groups is 1. The van der Waals surface area contributed by atoms with Crippen LogP contribution in [0.15, 0.2) is 23.2 Å². The molecule has 164 valence electrons. The number of amides is 1. The van der Waals surface area contributed by atoms with Gasteiger partial charge in [0, 0.05) is 48.8 Å². The number of likely N-dealkylation sites (tertiary alicyclic amines) is 1. The van der Waals surface area contributed by atoms with Crippen LogP contribution in [0.5, 0.6) is 0 Å². The van der Waals surface area contributed by atoms with Crippen molar-refractivity contribution < 1.29 is 4.79 Å². The van der Waals surface area contributed by atoms with E-state index in [1.165, 1.54) is 0 Å². The van der Waals surface area contributed by atoms with E-state index in [-0.39, 0.29) is 29.9 Å². The molecule has 0 aliphatic carbocycles. The smallest absolute Gasteiger partial charge is 0.226 e. The first kappa shape index (κ1) is 26.0. The van der Waals surface area contributed by atoms with E-state index in [2.05, 4.69) is 46.6 Å². The van der Waals surface area contributed by atoms with Gasteiger partial charge in [-0.3, -0.25) is 14.7 Å². The lowest BCUT2D eigenvalue weighted by atomic mass is 10.1. The van der Waals surface area contributed by atoms with Crippen LogP contribution in [0.2, 0.25) is 5.02 Å². The summed E-state index contributed by atoms with van der Waals surface area (Å²) in [5, 5.41) is 10.4. The van der Waals surface area contributed by atoms with Crippen LogP contribution in [-0.2, 0) is 4.79 Å². The highest BCUT2D eigenvalue weighted by atomic mass is 127. The molecule has 0 radical (unpaired) electrons. The lowest BCUT2D eigenvalue weighted by molar-refractivity contribution is -0.116. The molecule has 3 N–H and O–H groups in total. The molecular formula is C21H35ClIN5O. The summed E-state index contributed by atoms with van der Waals surface area (Å²) >= 11 is 6.11. The molecule has 2 rings (SSSR count). The lowest BCUT2D eigenvalue weighted by Gasteiger charge is -2.21. The number of nitrogens with zero attached hydrogens (tertiary/aromatic N) is 2. The lowest BCUT2D eigenvalue weighted by Crippen LogP contribution is -2.47. The Morgan fingerprint density at radius 1 is 1.34 bits per heavy atom. The summed E-state index contributed by atoms with van der Waals surface area (Å²) in [6.45, 7) is 14.0. The molecule has 2 atom stereocenters. The fraction of sp³-hybridized carbons (Fsp3) is 0.619. The van der Waals surface area contributed by atoms with Crippen molar-refractivity contribution in [2.45, 2.75) is 53.1 Å². The average molecular weight is 536 g/mol. The van der Waals surface area contributed by atoms with Crippen molar-refractivity contribution in [3.8, 4) is 0 Å². The Hall–Kier alpha value is -1.06. The highest BCUT2D eigenvalue weighted by molar-refractivity contribution is 14.0. The van der Waals surface area contributed by atoms with Gasteiger partial charge in [0.15, 0.2) is 5.96 Å². The minimum Gasteiger partial charge on any atom is -0.357 e. The van der Waals surface area contributed by atoms with E-state index in [1.54, 1.807) is 0 Å². The Bertz CT molecular complexity index is 698. The summed E-state index contributed by atoms with van der Waals surface area (Å²) in [5.74, 6) is 1.27. The molecular weight excluding hydrogens is 501 g/mol. The number of carbonyl (C=O) groups excluding carboxylic acids is 1. The zero-order chi connectivity index (χ0) is 20.7. The van der Waals surface area contributed by atoms with Gasteiger partial charge in [0.25, 0.3) is 0 Å². The number of hydrogen-bond donors (Lipinski definition) is 3. The molecule has 1 fully saturated rings. The van der Waals surface area contributed by atoms with Gasteiger partial charge in [-0.1, -0.05) is 24.6 Å². The van der Waals surface area contributed by atoms with Crippen molar-refractivity contribution in [2.75, 3.05) is 31.5 Å². The van der Waals surface area contributed by atoms with Crippen molar-refractivity contribution >= 4 is 53.1 Å². The topological polar surface area (TPSA) is 68.8 Å². The summed E-state index contributed by atoms with van der Waals surface area (Å²) in [6.07, 6.45) is 0.320. The number of rotatable bonds is 7. The van der Waals surface area contributed by atoms with Crippen molar-refractivity contribution in [1.29, 1.82) is 0 Å². The predicted octanol–water partition coefficient (Wildman–Crippen LogP) is 3.88. The van der Waals surface area contributed by atoms with Gasteiger partial charge in [-0.15, -0.1) is 24.0 Å². The highest BCUT2D eigenvalue weighted by Crippen LogP contribution is 2.23. The van der Waals surface area contributed by atoms with Crippen LogP contribution in [0.3, 0.4) is 0 Å². The first-order chi connectivity index (χ1) is 13.3. The third kappa shape index (κ3) is 7.94. The molecule has 1 aromatic carbocycles. The minimum atomic E-state index is -0.0646. The molecule has 1 saturated heterocycles. The molecule has 0 bridgehead atoms. The van der Waals surface area contributed by atoms with Gasteiger partial charge >= 0.3 is 0 Å². The van der Waals surface area contributed by atoms with Crippen LogP contribution in [0.25, 0.3) is 0 Å². The summed E-state index contributed by atoms with van der Waals surface area (Å²) in [4.78, 5) is 19.3. The van der Waals surface area contributed by atoms with E-state index >= 15 is 0 Å². The normalized spacial score (nSPS) is 19.8. The molecule has 2 unspecified atom stereocenters. The molecule has 8 heteroatoms. The van der Waals surface area contributed by atoms with E-state index in [1.807, 2.05) is 32.0 Å². The first-order valence-corrected chi connectivity index (χ1v) is 10.5. The molecule has 29 heavy (non-hydrogen) atoms. The van der Waals surface area contributed by atoms with E-state index in [4.69, 9.17) is 11.6 Å². The first-order valence-electron chi connectivity index (χ1n) is 10.2. The second-order valence-corrected chi connectivity index (χ2v) is 8.15. The summed E-state index contributed by atoms with van der Waals surface area (Å²) in [5.41, 5.74) is 1.63. The van der Waals surface area contributed by atoms with E-state index in [0.717, 1.165) is 36.8 Å². The van der Waals surface area contributed by atoms with Gasteiger partial charge < -0.3 is 16.0 Å². The maximum Gasteiger partial charge on any atom is 0.226 e. The van der Waals surface area contributed by atoms with Gasteiger partial charge in [-0.25, -0.2) is 0 Å². The Morgan fingerprint density at radius 2 is 2.07 bits per heavy atom. The quantitative estimate of drug-likeness (QED) is 0.282. The molecule has 1 heterocycles. The zero-order valence-corrected chi connectivity index (χ0v) is 21.2. The van der Waals surface area contributed by atoms with Crippen LogP contribution >= 0.6 is 35.6 Å². The van der Waals surface area contributed by atoms with Crippen molar-refractivity contribution in [3.63, 3.8) is 0 Å². The van der Waals surface area contributed by atoms with Crippen molar-refractivity contribution in [3.05, 3.63) is 28.8 Å². The highest BCUT2D eigenvalue weighted by Gasteiger charge is 2.31. The maximum atomic E-state index is 12.3. The van der Waals surface area contributed by atoms with Gasteiger partial charge in [0.2, 0.25) is 5.91 Å². The molecule has 1 aliphatic rings. The van der Waals surface area contributed by atoms with Crippen LogP contribution < -0.4 is 16.0 Å². The number of benzene rings is 1. The summed E-state index contributed by atoms with van der Waals surface area (Å²) in [7, 11) is 0. The number of hydrogen-bond acceptors (Lipinski definition) is 3. The second kappa shape index (κ2) is 12.6. The van der Waals surface area contributed by atoms with Crippen molar-refractivity contribution in [2.24, 2.45) is 10.9 Å². The monoisotopic (exact) mass is 535 g/mol. The summed E-state index contributed by atoms with van der Waals surface area (Å²) < 4.78 is 0. The number of aliphatic imine (C=N–C) groups is 1. The largest absolute Gasteiger partial charge is 0.357 e. The van der Waals surface area contributed by atoms with E-state index in [9.17, 15) is 4.79 Å². The number of nitrogens with one attached hydrogen (secondary N) is 3. The van der Waals surface area contributed by atoms with Crippen LogP contribution in [0.1, 0.15) is 39.7 Å². The third-order valence-electron chi connectivity index (χ3n) is 5.19. The van der Waals surface area contributed by atoms with Gasteiger partial charge in [-0.2, -0.15) is 0 Å². The van der Waals surface area contributed by atoms with Crippen LogP contribution in [0.4, 0.5) is 5.69 Å². The van der Waals surface area contributed by atoms with Gasteiger partial charge in [0.1, 0.15) is 0 Å². The predicted molar refractivity (Wildman–Crippen MR) is 134 cm³/mol. The van der Waals surface area contributed by atoms with Crippen molar-refractivity contribution in [1.82, 2.24) is 15.5 Å². The Morgan fingerprint density at radius 3 is 2.69 bits per heavy atom. The van der Waals surface area contributed by atoms with Crippen LogP contribution in [0, 0.1) is 12.8 Å². The standard InChI is InChI=1S/C21H34ClN5O.HI/c1-6-23-21(26-19-13-27(14(2)3)12-15(19)4)24-11-10-20(28)25-18-9-7-8-17(22)16(18)5;/h7-9,14-15,19H,6,10-13H2,1-5H3,(H,25,28)(H2,23,24,26);1H. The molecule has 1 aromatic rings. The van der Waals surface area contributed by atoms with E-state index in [0.29, 0.717) is 36.0 Å². The number of halogens is 2. The minimum absolute atomic E-state index is 0. The molecule has 0 saturated carbocycles. The SMILES string of the molecule is CCNC(=NCCC(=O)Nc1cccc(Cl)c1C)NC1CN(C(C)C)CC1C.I. The number of anilines is 1. The average Bonchev–Trinajstić information content (AvgIpc) is 3.00. The number of carbonyl (C=O) groups is 1. The maximum absolute atomic E-state index is 12.3. The molecule has 0 spiro atoms. The Balaban J connectivity index is 0.00000420. The van der Waals surface area contributed by atoms with E-state index < -0.39 is 0 Å². The van der Waals surface area contributed by atoms with Gasteiger partial charge in [-0.05, 0) is 51.3 Å². The fourth-order valence-electron chi connectivity index (χ4n) is 3.33. The fourth-order valence-corrected chi connectivity index (χ4v) is 3.51. The molecule has 6 nitrogen and oxygen atoms in total. The van der Waals surface area contributed by atoms with Crippen LogP contribution in [-0.4, -0.2) is 55.0 Å². The summed E-state index contributed by atoms with van der Waals surface area (Å²) in [6, 6.07) is 6.42.